The maximum absolute atomic E-state index is 11.3. The van der Waals surface area contributed by atoms with Crippen molar-refractivity contribution in [3.63, 3.8) is 0 Å². The normalized spacial score (nSPS) is 28.4. The fourth-order valence-corrected chi connectivity index (χ4v) is 3.61. The van der Waals surface area contributed by atoms with Crippen molar-refractivity contribution in [1.82, 2.24) is 20.0 Å². The van der Waals surface area contributed by atoms with Gasteiger partial charge in [-0.3, -0.25) is 14.6 Å². The summed E-state index contributed by atoms with van der Waals surface area (Å²) in [4.78, 5) is 18.6. The lowest BCUT2D eigenvalue weighted by Gasteiger charge is -2.51. The molecule has 0 spiro atoms. The van der Waals surface area contributed by atoms with Gasteiger partial charge in [0.25, 0.3) is 0 Å². The number of likely N-dealkylation sites (tertiary alicyclic amines) is 2. The number of hydrogen-bond acceptors (Lipinski definition) is 4. The number of carbonyl (C=O) groups is 1. The highest BCUT2D eigenvalue weighted by molar-refractivity contribution is 5.73. The first kappa shape index (κ1) is 13.3. The summed E-state index contributed by atoms with van der Waals surface area (Å²) in [6, 6.07) is 1.50. The maximum atomic E-state index is 11.3. The van der Waals surface area contributed by atoms with Gasteiger partial charge in [-0.2, -0.15) is 0 Å². The second-order valence-corrected chi connectivity index (χ2v) is 6.13. The summed E-state index contributed by atoms with van der Waals surface area (Å²) < 4.78 is 0. The standard InChI is InChI=1S/C14H26N4O/c1-12(19)16-6-2-13(3-7-16)18-10-14(11-18)17-8-4-15-5-9-17/h13-15H,2-11H2,1H3. The highest BCUT2D eigenvalue weighted by Gasteiger charge is 2.37. The number of carbonyl (C=O) groups excluding carboxylic acids is 1. The van der Waals surface area contributed by atoms with E-state index in [0.29, 0.717) is 0 Å². The first-order chi connectivity index (χ1) is 9.24. The van der Waals surface area contributed by atoms with Crippen LogP contribution in [0.1, 0.15) is 19.8 Å². The third-order valence-corrected chi connectivity index (χ3v) is 4.98. The third kappa shape index (κ3) is 2.93. The average molecular weight is 266 g/mol. The summed E-state index contributed by atoms with van der Waals surface area (Å²) in [6.45, 7) is 10.8. The third-order valence-electron chi connectivity index (χ3n) is 4.98. The van der Waals surface area contributed by atoms with Gasteiger partial charge in [0.2, 0.25) is 5.91 Å². The van der Waals surface area contributed by atoms with Crippen molar-refractivity contribution in [1.29, 1.82) is 0 Å². The zero-order valence-corrected chi connectivity index (χ0v) is 12.0. The second kappa shape index (κ2) is 5.77. The Balaban J connectivity index is 1.40. The van der Waals surface area contributed by atoms with Crippen molar-refractivity contribution in [3.05, 3.63) is 0 Å². The molecule has 3 saturated heterocycles. The molecule has 5 nitrogen and oxygen atoms in total. The molecule has 3 fully saturated rings. The zero-order chi connectivity index (χ0) is 13.2. The van der Waals surface area contributed by atoms with Crippen molar-refractivity contribution in [2.75, 3.05) is 52.4 Å². The number of amides is 1. The van der Waals surface area contributed by atoms with Crippen molar-refractivity contribution >= 4 is 5.91 Å². The van der Waals surface area contributed by atoms with Gasteiger partial charge in [0.05, 0.1) is 0 Å². The molecule has 0 atom stereocenters. The van der Waals surface area contributed by atoms with E-state index in [1.54, 1.807) is 6.92 Å². The number of piperidine rings is 1. The van der Waals surface area contributed by atoms with Crippen molar-refractivity contribution in [3.8, 4) is 0 Å². The van der Waals surface area contributed by atoms with Crippen LogP contribution >= 0.6 is 0 Å². The van der Waals surface area contributed by atoms with E-state index < -0.39 is 0 Å². The minimum Gasteiger partial charge on any atom is -0.343 e. The molecule has 0 radical (unpaired) electrons. The molecule has 0 aliphatic carbocycles. The minimum absolute atomic E-state index is 0.237. The number of hydrogen-bond donors (Lipinski definition) is 1. The van der Waals surface area contributed by atoms with E-state index in [4.69, 9.17) is 0 Å². The number of nitrogens with zero attached hydrogens (tertiary/aromatic N) is 3. The van der Waals surface area contributed by atoms with Crippen LogP contribution in [0, 0.1) is 0 Å². The summed E-state index contributed by atoms with van der Waals surface area (Å²) in [5.41, 5.74) is 0. The van der Waals surface area contributed by atoms with Crippen molar-refractivity contribution < 1.29 is 4.79 Å². The van der Waals surface area contributed by atoms with Crippen LogP contribution in [0.25, 0.3) is 0 Å². The van der Waals surface area contributed by atoms with Crippen LogP contribution in [-0.4, -0.2) is 85.0 Å². The molecular weight excluding hydrogens is 240 g/mol. The Hall–Kier alpha value is -0.650. The first-order valence-electron chi connectivity index (χ1n) is 7.68. The maximum Gasteiger partial charge on any atom is 0.219 e. The average Bonchev–Trinajstić information content (AvgIpc) is 2.39. The molecule has 3 rings (SSSR count). The van der Waals surface area contributed by atoms with E-state index in [2.05, 4.69) is 15.1 Å². The number of rotatable bonds is 2. The van der Waals surface area contributed by atoms with E-state index in [9.17, 15) is 4.79 Å². The summed E-state index contributed by atoms with van der Waals surface area (Å²) in [5, 5.41) is 3.42. The Kier molecular flexibility index (Phi) is 4.05. The summed E-state index contributed by atoms with van der Waals surface area (Å²) >= 11 is 0. The molecule has 1 amide bonds. The molecule has 19 heavy (non-hydrogen) atoms. The van der Waals surface area contributed by atoms with Gasteiger partial charge in [-0.1, -0.05) is 0 Å². The lowest BCUT2D eigenvalue weighted by Crippen LogP contribution is -2.65. The van der Waals surface area contributed by atoms with Gasteiger partial charge < -0.3 is 10.2 Å². The van der Waals surface area contributed by atoms with E-state index in [0.717, 1.165) is 51.1 Å². The van der Waals surface area contributed by atoms with Gasteiger partial charge >= 0.3 is 0 Å². The van der Waals surface area contributed by atoms with Crippen LogP contribution in [0.15, 0.2) is 0 Å². The zero-order valence-electron chi connectivity index (χ0n) is 12.0. The smallest absolute Gasteiger partial charge is 0.219 e. The summed E-state index contributed by atoms with van der Waals surface area (Å²) in [7, 11) is 0. The van der Waals surface area contributed by atoms with Crippen molar-refractivity contribution in [2.45, 2.75) is 31.8 Å². The Labute approximate surface area is 115 Å². The lowest BCUT2D eigenvalue weighted by atomic mass is 9.96. The second-order valence-electron chi connectivity index (χ2n) is 6.13. The Morgan fingerprint density at radius 1 is 0.947 bits per heavy atom. The predicted octanol–water partition coefficient (Wildman–Crippen LogP) is -0.413. The van der Waals surface area contributed by atoms with Gasteiger partial charge in [-0.15, -0.1) is 0 Å². The van der Waals surface area contributed by atoms with Crippen LogP contribution in [-0.2, 0) is 4.79 Å². The summed E-state index contributed by atoms with van der Waals surface area (Å²) in [5.74, 6) is 0.237. The van der Waals surface area contributed by atoms with Crippen LogP contribution in [0.2, 0.25) is 0 Å². The van der Waals surface area contributed by atoms with Crippen LogP contribution in [0.3, 0.4) is 0 Å². The molecule has 108 valence electrons. The van der Waals surface area contributed by atoms with Gasteiger partial charge in [0.15, 0.2) is 0 Å². The van der Waals surface area contributed by atoms with E-state index in [1.165, 1.54) is 26.2 Å². The topological polar surface area (TPSA) is 38.8 Å². The molecule has 0 unspecified atom stereocenters. The van der Waals surface area contributed by atoms with Gasteiger partial charge in [-0.25, -0.2) is 0 Å². The quantitative estimate of drug-likeness (QED) is 0.737. The van der Waals surface area contributed by atoms with Crippen LogP contribution in [0.4, 0.5) is 0 Å². The summed E-state index contributed by atoms with van der Waals surface area (Å²) in [6.07, 6.45) is 2.32. The van der Waals surface area contributed by atoms with Gasteiger partial charge in [-0.05, 0) is 12.8 Å². The van der Waals surface area contributed by atoms with Crippen molar-refractivity contribution in [2.24, 2.45) is 0 Å². The van der Waals surface area contributed by atoms with E-state index in [-0.39, 0.29) is 5.91 Å². The minimum atomic E-state index is 0.237. The Bertz CT molecular complexity index is 315. The Morgan fingerprint density at radius 3 is 2.16 bits per heavy atom. The molecule has 0 aromatic heterocycles. The molecular formula is C14H26N4O. The molecule has 0 aromatic carbocycles. The highest BCUT2D eigenvalue weighted by Crippen LogP contribution is 2.24. The largest absolute Gasteiger partial charge is 0.343 e. The fourth-order valence-electron chi connectivity index (χ4n) is 3.61. The molecule has 0 bridgehead atoms. The van der Waals surface area contributed by atoms with Crippen LogP contribution < -0.4 is 5.32 Å². The molecule has 0 aromatic rings. The Morgan fingerprint density at radius 2 is 1.58 bits per heavy atom. The number of piperazine rings is 1. The molecule has 3 aliphatic rings. The van der Waals surface area contributed by atoms with Gasteiger partial charge in [0.1, 0.15) is 0 Å². The highest BCUT2D eigenvalue weighted by atomic mass is 16.2. The first-order valence-corrected chi connectivity index (χ1v) is 7.68. The molecule has 1 N–H and O–H groups in total. The lowest BCUT2D eigenvalue weighted by molar-refractivity contribution is -0.131. The molecule has 5 heteroatoms. The molecule has 0 saturated carbocycles. The SMILES string of the molecule is CC(=O)N1CCC(N2CC(N3CCNCC3)C2)CC1. The van der Waals surface area contributed by atoms with Crippen LogP contribution in [0.5, 0.6) is 0 Å². The van der Waals surface area contributed by atoms with E-state index in [1.807, 2.05) is 4.90 Å². The predicted molar refractivity (Wildman–Crippen MR) is 75.1 cm³/mol. The fraction of sp³-hybridized carbons (Fsp3) is 0.929. The molecule has 3 heterocycles. The molecule has 3 aliphatic heterocycles. The van der Waals surface area contributed by atoms with E-state index >= 15 is 0 Å². The van der Waals surface area contributed by atoms with Gasteiger partial charge in [0, 0.05) is 71.4 Å². The number of nitrogens with one attached hydrogen (secondary N) is 1. The monoisotopic (exact) mass is 266 g/mol.